The summed E-state index contributed by atoms with van der Waals surface area (Å²) in [6, 6.07) is 14.5. The van der Waals surface area contributed by atoms with E-state index in [1.165, 1.54) is 11.3 Å². The highest BCUT2D eigenvalue weighted by molar-refractivity contribution is 7.80. The molecule has 22 heavy (non-hydrogen) atoms. The molecule has 1 unspecified atom stereocenters. The van der Waals surface area contributed by atoms with Crippen LogP contribution in [-0.4, -0.2) is 17.9 Å². The van der Waals surface area contributed by atoms with Crippen molar-refractivity contribution in [3.05, 3.63) is 48.0 Å². The number of anilines is 2. The molecule has 0 aliphatic carbocycles. The standard InChI is InChI=1S/C17H16N2O2S/c1-11-8-12-4-2-3-5-14(12)19(11)17(22)18-13-6-7-15-16(9-13)21-10-20-15/h2-7,9,11H,8,10H2,1H3,(H,18,22). The number of para-hydroxylation sites is 1. The first-order valence-electron chi connectivity index (χ1n) is 7.30. The van der Waals surface area contributed by atoms with Gasteiger partial charge in [-0.05, 0) is 49.3 Å². The fourth-order valence-electron chi connectivity index (χ4n) is 3.03. The van der Waals surface area contributed by atoms with Gasteiger partial charge in [-0.3, -0.25) is 0 Å². The second-order valence-corrected chi connectivity index (χ2v) is 5.94. The summed E-state index contributed by atoms with van der Waals surface area (Å²) in [5.74, 6) is 1.53. The van der Waals surface area contributed by atoms with Crippen molar-refractivity contribution in [1.29, 1.82) is 0 Å². The van der Waals surface area contributed by atoms with Crippen molar-refractivity contribution in [3.8, 4) is 11.5 Å². The van der Waals surface area contributed by atoms with Crippen LogP contribution < -0.4 is 19.7 Å². The molecule has 2 aliphatic heterocycles. The van der Waals surface area contributed by atoms with Gasteiger partial charge in [-0.1, -0.05) is 18.2 Å². The summed E-state index contributed by atoms with van der Waals surface area (Å²) in [4.78, 5) is 2.18. The van der Waals surface area contributed by atoms with Crippen molar-refractivity contribution in [1.82, 2.24) is 0 Å². The molecule has 2 aromatic carbocycles. The Kier molecular flexibility index (Phi) is 3.15. The summed E-state index contributed by atoms with van der Waals surface area (Å²) in [7, 11) is 0. The lowest BCUT2D eigenvalue weighted by Crippen LogP contribution is -2.38. The molecule has 2 heterocycles. The Morgan fingerprint density at radius 1 is 1.18 bits per heavy atom. The number of hydrogen-bond donors (Lipinski definition) is 1. The minimum absolute atomic E-state index is 0.278. The lowest BCUT2D eigenvalue weighted by atomic mass is 10.1. The molecule has 0 fully saturated rings. The Bertz CT molecular complexity index is 747. The summed E-state index contributed by atoms with van der Waals surface area (Å²) in [5, 5.41) is 4.01. The molecule has 0 amide bonds. The number of hydrogen-bond acceptors (Lipinski definition) is 3. The van der Waals surface area contributed by atoms with E-state index >= 15 is 0 Å². The molecular weight excluding hydrogens is 296 g/mol. The maximum atomic E-state index is 5.62. The molecule has 1 atom stereocenters. The third-order valence-electron chi connectivity index (χ3n) is 4.05. The highest BCUT2D eigenvalue weighted by atomic mass is 32.1. The highest BCUT2D eigenvalue weighted by Crippen LogP contribution is 2.35. The van der Waals surface area contributed by atoms with Gasteiger partial charge in [0, 0.05) is 23.5 Å². The van der Waals surface area contributed by atoms with Crippen LogP contribution in [0.3, 0.4) is 0 Å². The SMILES string of the molecule is CC1Cc2ccccc2N1C(=S)Nc1ccc2c(c1)OCO2. The van der Waals surface area contributed by atoms with Gasteiger partial charge in [-0.2, -0.15) is 0 Å². The smallest absolute Gasteiger partial charge is 0.231 e. The van der Waals surface area contributed by atoms with Crippen molar-refractivity contribution >= 4 is 28.7 Å². The predicted octanol–water partition coefficient (Wildman–Crippen LogP) is 3.56. The van der Waals surface area contributed by atoms with Crippen LogP contribution in [0, 0.1) is 0 Å². The van der Waals surface area contributed by atoms with Gasteiger partial charge >= 0.3 is 0 Å². The molecule has 0 saturated heterocycles. The first-order valence-corrected chi connectivity index (χ1v) is 7.71. The van der Waals surface area contributed by atoms with E-state index in [1.807, 2.05) is 24.3 Å². The fourth-order valence-corrected chi connectivity index (χ4v) is 3.43. The van der Waals surface area contributed by atoms with Crippen LogP contribution >= 0.6 is 12.2 Å². The molecule has 5 heteroatoms. The van der Waals surface area contributed by atoms with Gasteiger partial charge in [0.1, 0.15) is 0 Å². The van der Waals surface area contributed by atoms with Gasteiger partial charge in [0.15, 0.2) is 16.6 Å². The second kappa shape index (κ2) is 5.18. The number of nitrogens with one attached hydrogen (secondary N) is 1. The summed E-state index contributed by atoms with van der Waals surface area (Å²) in [6.45, 7) is 2.47. The lowest BCUT2D eigenvalue weighted by molar-refractivity contribution is 0.174. The van der Waals surface area contributed by atoms with Gasteiger partial charge < -0.3 is 19.7 Å². The largest absolute Gasteiger partial charge is 0.454 e. The van der Waals surface area contributed by atoms with E-state index in [1.54, 1.807) is 0 Å². The minimum Gasteiger partial charge on any atom is -0.454 e. The van der Waals surface area contributed by atoms with Crippen LogP contribution in [0.2, 0.25) is 0 Å². The van der Waals surface area contributed by atoms with Crippen LogP contribution in [0.25, 0.3) is 0 Å². The molecular formula is C17H16N2O2S. The second-order valence-electron chi connectivity index (χ2n) is 5.55. The minimum atomic E-state index is 0.278. The summed E-state index contributed by atoms with van der Waals surface area (Å²) >= 11 is 5.62. The van der Waals surface area contributed by atoms with Crippen LogP contribution in [0.15, 0.2) is 42.5 Å². The Labute approximate surface area is 134 Å². The molecule has 4 rings (SSSR count). The van der Waals surface area contributed by atoms with Gasteiger partial charge in [0.05, 0.1) is 0 Å². The zero-order valence-corrected chi connectivity index (χ0v) is 13.0. The first kappa shape index (κ1) is 13.4. The molecule has 0 radical (unpaired) electrons. The Morgan fingerprint density at radius 2 is 2.00 bits per heavy atom. The number of ether oxygens (including phenoxy) is 2. The average molecular weight is 312 g/mol. The lowest BCUT2D eigenvalue weighted by Gasteiger charge is -2.26. The zero-order valence-electron chi connectivity index (χ0n) is 12.2. The topological polar surface area (TPSA) is 33.7 Å². The fraction of sp³-hybridized carbons (Fsp3) is 0.235. The van der Waals surface area contributed by atoms with E-state index in [0.29, 0.717) is 11.2 Å². The van der Waals surface area contributed by atoms with E-state index in [4.69, 9.17) is 21.7 Å². The van der Waals surface area contributed by atoms with Crippen LogP contribution in [0.4, 0.5) is 11.4 Å². The van der Waals surface area contributed by atoms with Crippen LogP contribution in [-0.2, 0) is 6.42 Å². The van der Waals surface area contributed by atoms with E-state index in [-0.39, 0.29) is 6.79 Å². The Morgan fingerprint density at radius 3 is 2.91 bits per heavy atom. The van der Waals surface area contributed by atoms with Gasteiger partial charge in [0.25, 0.3) is 0 Å². The molecule has 0 spiro atoms. The van der Waals surface area contributed by atoms with E-state index < -0.39 is 0 Å². The van der Waals surface area contributed by atoms with E-state index in [2.05, 4.69) is 35.3 Å². The van der Waals surface area contributed by atoms with Gasteiger partial charge in [-0.25, -0.2) is 0 Å². The molecule has 0 saturated carbocycles. The Balaban J connectivity index is 1.58. The van der Waals surface area contributed by atoms with Gasteiger partial charge in [0.2, 0.25) is 6.79 Å². The molecule has 1 N–H and O–H groups in total. The summed E-state index contributed by atoms with van der Waals surface area (Å²) in [6.07, 6.45) is 1.01. The summed E-state index contributed by atoms with van der Waals surface area (Å²) < 4.78 is 10.7. The van der Waals surface area contributed by atoms with E-state index in [0.717, 1.165) is 23.6 Å². The molecule has 4 nitrogen and oxygen atoms in total. The quantitative estimate of drug-likeness (QED) is 0.814. The van der Waals surface area contributed by atoms with Crippen molar-refractivity contribution in [3.63, 3.8) is 0 Å². The first-order chi connectivity index (χ1) is 10.7. The molecule has 0 bridgehead atoms. The van der Waals surface area contributed by atoms with Crippen LogP contribution in [0.5, 0.6) is 11.5 Å². The van der Waals surface area contributed by atoms with Gasteiger partial charge in [-0.15, -0.1) is 0 Å². The Hall–Kier alpha value is -2.27. The number of fused-ring (bicyclic) bond motifs is 2. The normalized spacial score (nSPS) is 18.2. The molecule has 112 valence electrons. The van der Waals surface area contributed by atoms with E-state index in [9.17, 15) is 0 Å². The van der Waals surface area contributed by atoms with Crippen molar-refractivity contribution in [2.24, 2.45) is 0 Å². The zero-order chi connectivity index (χ0) is 15.1. The van der Waals surface area contributed by atoms with Crippen LogP contribution in [0.1, 0.15) is 12.5 Å². The number of rotatable bonds is 1. The predicted molar refractivity (Wildman–Crippen MR) is 90.9 cm³/mol. The molecule has 0 aromatic heterocycles. The maximum Gasteiger partial charge on any atom is 0.231 e. The third-order valence-corrected chi connectivity index (χ3v) is 4.35. The number of nitrogens with zero attached hydrogens (tertiary/aromatic N) is 1. The number of benzene rings is 2. The summed E-state index contributed by atoms with van der Waals surface area (Å²) in [5.41, 5.74) is 3.43. The monoisotopic (exact) mass is 312 g/mol. The highest BCUT2D eigenvalue weighted by Gasteiger charge is 2.28. The van der Waals surface area contributed by atoms with Crippen molar-refractivity contribution < 1.29 is 9.47 Å². The maximum absolute atomic E-state index is 5.62. The van der Waals surface area contributed by atoms with Crippen molar-refractivity contribution in [2.75, 3.05) is 17.0 Å². The van der Waals surface area contributed by atoms with Crippen molar-refractivity contribution in [2.45, 2.75) is 19.4 Å². The number of thiocarbonyl (C=S) groups is 1. The third kappa shape index (κ3) is 2.18. The average Bonchev–Trinajstić information content (AvgIpc) is 3.09. The molecule has 2 aliphatic rings. The molecule has 2 aromatic rings.